The van der Waals surface area contributed by atoms with E-state index in [2.05, 4.69) is 195 Å². The van der Waals surface area contributed by atoms with Gasteiger partial charge in [0.1, 0.15) is 11.2 Å². The first-order chi connectivity index (χ1) is 26.0. The van der Waals surface area contributed by atoms with Crippen LogP contribution in [0.15, 0.2) is 192 Å². The Morgan fingerprint density at radius 2 is 0.830 bits per heavy atom. The number of rotatable bonds is 6. The molecule has 0 aliphatic heterocycles. The summed E-state index contributed by atoms with van der Waals surface area (Å²) in [5.41, 5.74) is 17.8. The number of nitrogens with zero attached hydrogens (tertiary/aromatic N) is 1. The van der Waals surface area contributed by atoms with Gasteiger partial charge in [-0.05, 0) is 116 Å². The summed E-state index contributed by atoms with van der Waals surface area (Å²) in [6.07, 6.45) is 0. The van der Waals surface area contributed by atoms with Crippen LogP contribution in [0.5, 0.6) is 0 Å². The van der Waals surface area contributed by atoms with Crippen molar-refractivity contribution in [2.45, 2.75) is 19.3 Å². The van der Waals surface area contributed by atoms with Crippen LogP contribution in [0.2, 0.25) is 0 Å². The SMILES string of the molecule is CC1(C)c2ccccc2-c2ccc(-c3ccc(N(c4ccc(-c5ccccc5)cc4)c4ccc(-c5ccc6oc7ccccc7c6c5)cc4)cc3)cc21. The molecule has 0 saturated heterocycles. The van der Waals surface area contributed by atoms with Crippen LogP contribution in [-0.4, -0.2) is 0 Å². The van der Waals surface area contributed by atoms with Gasteiger partial charge in [-0.1, -0.05) is 141 Å². The molecular formula is C51H37NO. The van der Waals surface area contributed by atoms with E-state index >= 15 is 0 Å². The fraction of sp³-hybridized carbons (Fsp3) is 0.0588. The molecule has 0 bridgehead atoms. The van der Waals surface area contributed by atoms with Crippen LogP contribution >= 0.6 is 0 Å². The highest BCUT2D eigenvalue weighted by Crippen LogP contribution is 2.49. The molecule has 2 nitrogen and oxygen atoms in total. The molecule has 0 radical (unpaired) electrons. The number of hydrogen-bond donors (Lipinski definition) is 0. The molecule has 8 aromatic carbocycles. The maximum Gasteiger partial charge on any atom is 0.135 e. The Kier molecular flexibility index (Phi) is 7.19. The Labute approximate surface area is 310 Å². The summed E-state index contributed by atoms with van der Waals surface area (Å²) >= 11 is 0. The van der Waals surface area contributed by atoms with Gasteiger partial charge in [0, 0.05) is 33.2 Å². The quantitative estimate of drug-likeness (QED) is 0.174. The molecule has 1 aliphatic rings. The van der Waals surface area contributed by atoms with Crippen LogP contribution in [0, 0.1) is 0 Å². The van der Waals surface area contributed by atoms with Crippen LogP contribution in [-0.2, 0) is 5.41 Å². The van der Waals surface area contributed by atoms with Crippen molar-refractivity contribution in [2.75, 3.05) is 4.90 Å². The molecule has 1 aliphatic carbocycles. The minimum atomic E-state index is -0.0329. The minimum absolute atomic E-state index is 0.0329. The van der Waals surface area contributed by atoms with Crippen molar-refractivity contribution in [3.8, 4) is 44.5 Å². The lowest BCUT2D eigenvalue weighted by Crippen LogP contribution is -2.14. The zero-order valence-electron chi connectivity index (χ0n) is 29.8. The second-order valence-electron chi connectivity index (χ2n) is 14.6. The van der Waals surface area contributed by atoms with Gasteiger partial charge >= 0.3 is 0 Å². The standard InChI is InChI=1S/C51H37NO/c1-51(2)47-14-8-6-12-43(47)44-30-22-39(33-48(44)51)37-20-28-42(29-21-37)52(40-24-16-35(17-25-40)34-10-4-3-5-11-34)41-26-18-36(19-27-41)38-23-31-50-46(32-38)45-13-7-9-15-49(45)53-50/h3-33H,1-2H3. The molecule has 1 aromatic heterocycles. The largest absolute Gasteiger partial charge is 0.456 e. The molecule has 0 amide bonds. The summed E-state index contributed by atoms with van der Waals surface area (Å²) in [5.74, 6) is 0. The van der Waals surface area contributed by atoms with Crippen LogP contribution in [0.1, 0.15) is 25.0 Å². The van der Waals surface area contributed by atoms with Gasteiger partial charge in [-0.25, -0.2) is 0 Å². The Morgan fingerprint density at radius 3 is 1.51 bits per heavy atom. The smallest absolute Gasteiger partial charge is 0.135 e. The molecule has 0 spiro atoms. The van der Waals surface area contributed by atoms with Crippen molar-refractivity contribution in [3.63, 3.8) is 0 Å². The molecule has 0 N–H and O–H groups in total. The fourth-order valence-corrected chi connectivity index (χ4v) is 8.28. The third-order valence-electron chi connectivity index (χ3n) is 11.1. The van der Waals surface area contributed by atoms with E-state index in [4.69, 9.17) is 4.42 Å². The number of anilines is 3. The van der Waals surface area contributed by atoms with E-state index in [-0.39, 0.29) is 5.41 Å². The molecule has 0 fully saturated rings. The van der Waals surface area contributed by atoms with Gasteiger partial charge in [-0.15, -0.1) is 0 Å². The van der Waals surface area contributed by atoms with Crippen LogP contribution in [0.4, 0.5) is 17.1 Å². The second kappa shape index (κ2) is 12.3. The van der Waals surface area contributed by atoms with Crippen molar-refractivity contribution in [3.05, 3.63) is 199 Å². The first-order valence-electron chi connectivity index (χ1n) is 18.3. The number of fused-ring (bicyclic) bond motifs is 6. The molecule has 0 unspecified atom stereocenters. The zero-order valence-corrected chi connectivity index (χ0v) is 29.8. The van der Waals surface area contributed by atoms with Gasteiger partial charge in [0.05, 0.1) is 0 Å². The first kappa shape index (κ1) is 31.1. The minimum Gasteiger partial charge on any atom is -0.456 e. The number of hydrogen-bond acceptors (Lipinski definition) is 2. The van der Waals surface area contributed by atoms with E-state index in [1.807, 2.05) is 12.1 Å². The molecule has 10 rings (SSSR count). The molecule has 0 saturated carbocycles. The second-order valence-corrected chi connectivity index (χ2v) is 14.6. The Balaban J connectivity index is 1.01. The van der Waals surface area contributed by atoms with Crippen molar-refractivity contribution < 1.29 is 4.42 Å². The summed E-state index contributed by atoms with van der Waals surface area (Å²) in [6, 6.07) is 67.9. The summed E-state index contributed by atoms with van der Waals surface area (Å²) in [4.78, 5) is 2.34. The predicted molar refractivity (Wildman–Crippen MR) is 222 cm³/mol. The van der Waals surface area contributed by atoms with Crippen LogP contribution in [0.3, 0.4) is 0 Å². The van der Waals surface area contributed by atoms with E-state index in [1.54, 1.807) is 0 Å². The van der Waals surface area contributed by atoms with Crippen molar-refractivity contribution in [1.29, 1.82) is 0 Å². The third-order valence-corrected chi connectivity index (χ3v) is 11.1. The lowest BCUT2D eigenvalue weighted by Gasteiger charge is -2.26. The Hall–Kier alpha value is -6.64. The number of furan rings is 1. The summed E-state index contributed by atoms with van der Waals surface area (Å²) < 4.78 is 6.10. The Morgan fingerprint density at radius 1 is 0.358 bits per heavy atom. The van der Waals surface area contributed by atoms with Crippen molar-refractivity contribution in [2.24, 2.45) is 0 Å². The normalized spacial score (nSPS) is 12.9. The van der Waals surface area contributed by atoms with Gasteiger partial charge in [-0.3, -0.25) is 0 Å². The number of para-hydroxylation sites is 1. The molecule has 9 aromatic rings. The Bertz CT molecular complexity index is 2770. The summed E-state index contributed by atoms with van der Waals surface area (Å²) in [6.45, 7) is 4.68. The van der Waals surface area contributed by atoms with E-state index in [0.29, 0.717) is 0 Å². The summed E-state index contributed by atoms with van der Waals surface area (Å²) in [5, 5.41) is 2.28. The van der Waals surface area contributed by atoms with Gasteiger partial charge in [-0.2, -0.15) is 0 Å². The average Bonchev–Trinajstić information content (AvgIpc) is 3.70. The molecule has 2 heteroatoms. The van der Waals surface area contributed by atoms with Crippen LogP contribution in [0.25, 0.3) is 66.4 Å². The predicted octanol–water partition coefficient (Wildman–Crippen LogP) is 14.4. The average molecular weight is 680 g/mol. The monoisotopic (exact) mass is 679 g/mol. The highest BCUT2D eigenvalue weighted by atomic mass is 16.3. The van der Waals surface area contributed by atoms with Crippen molar-refractivity contribution in [1.82, 2.24) is 0 Å². The summed E-state index contributed by atoms with van der Waals surface area (Å²) in [7, 11) is 0. The van der Waals surface area contributed by atoms with E-state index in [9.17, 15) is 0 Å². The maximum atomic E-state index is 6.10. The molecular weight excluding hydrogens is 643 g/mol. The highest BCUT2D eigenvalue weighted by molar-refractivity contribution is 6.06. The number of benzene rings is 8. The maximum absolute atomic E-state index is 6.10. The van der Waals surface area contributed by atoms with E-state index in [1.165, 1.54) is 50.1 Å². The van der Waals surface area contributed by atoms with E-state index < -0.39 is 0 Å². The molecule has 0 atom stereocenters. The molecule has 53 heavy (non-hydrogen) atoms. The van der Waals surface area contributed by atoms with Crippen molar-refractivity contribution >= 4 is 39.0 Å². The fourth-order valence-electron chi connectivity index (χ4n) is 8.28. The zero-order chi connectivity index (χ0) is 35.5. The van der Waals surface area contributed by atoms with Gasteiger partial charge in [0.25, 0.3) is 0 Å². The lowest BCUT2D eigenvalue weighted by molar-refractivity contribution is 0.660. The van der Waals surface area contributed by atoms with Gasteiger partial charge in [0.2, 0.25) is 0 Å². The topological polar surface area (TPSA) is 16.4 Å². The molecule has 1 heterocycles. The van der Waals surface area contributed by atoms with Gasteiger partial charge in [0.15, 0.2) is 0 Å². The highest BCUT2D eigenvalue weighted by Gasteiger charge is 2.35. The molecule has 252 valence electrons. The van der Waals surface area contributed by atoms with E-state index in [0.717, 1.165) is 44.6 Å². The lowest BCUT2D eigenvalue weighted by atomic mass is 9.81. The first-order valence-corrected chi connectivity index (χ1v) is 18.3. The van der Waals surface area contributed by atoms with Gasteiger partial charge < -0.3 is 9.32 Å². The van der Waals surface area contributed by atoms with Crippen LogP contribution < -0.4 is 4.90 Å². The third kappa shape index (κ3) is 5.26.